The Bertz CT molecular complexity index is 1110. The fraction of sp³-hybridized carbons (Fsp3) is 0.391. The van der Waals surface area contributed by atoms with Crippen LogP contribution in [0.5, 0.6) is 0 Å². The molecule has 2 rings (SSSR count). The average molecular weight is 559 g/mol. The Balaban J connectivity index is 2.42. The van der Waals surface area contributed by atoms with Crippen molar-refractivity contribution in [3.8, 4) is 0 Å². The third kappa shape index (κ3) is 7.72. The molecule has 0 radical (unpaired) electrons. The van der Waals surface area contributed by atoms with Gasteiger partial charge in [0.2, 0.25) is 21.8 Å². The number of aryl methyl sites for hydroxylation is 1. The van der Waals surface area contributed by atoms with Crippen LogP contribution >= 0.6 is 27.5 Å². The van der Waals surface area contributed by atoms with Gasteiger partial charge in [0.05, 0.1) is 11.9 Å². The van der Waals surface area contributed by atoms with E-state index in [9.17, 15) is 18.0 Å². The van der Waals surface area contributed by atoms with Crippen molar-refractivity contribution in [3.05, 3.63) is 63.1 Å². The van der Waals surface area contributed by atoms with E-state index in [2.05, 4.69) is 21.2 Å². The van der Waals surface area contributed by atoms with Crippen molar-refractivity contribution in [1.82, 2.24) is 10.2 Å². The number of carbonyl (C=O) groups excluding carboxylic acids is 2. The van der Waals surface area contributed by atoms with Crippen LogP contribution in [-0.2, 0) is 26.2 Å². The smallest absolute Gasteiger partial charge is 0.244 e. The van der Waals surface area contributed by atoms with Crippen molar-refractivity contribution >= 4 is 55.1 Å². The summed E-state index contributed by atoms with van der Waals surface area (Å²) in [4.78, 5) is 27.6. The molecule has 1 N–H and O–H groups in total. The van der Waals surface area contributed by atoms with E-state index in [1.165, 1.54) is 11.0 Å². The Morgan fingerprint density at radius 1 is 1.09 bits per heavy atom. The van der Waals surface area contributed by atoms with Gasteiger partial charge in [-0.3, -0.25) is 13.9 Å². The summed E-state index contributed by atoms with van der Waals surface area (Å²) in [5.41, 5.74) is 1.78. The molecule has 0 bridgehead atoms. The topological polar surface area (TPSA) is 86.8 Å². The summed E-state index contributed by atoms with van der Waals surface area (Å²) >= 11 is 9.48. The number of sulfonamides is 1. The quantitative estimate of drug-likeness (QED) is 0.502. The maximum atomic E-state index is 13.5. The van der Waals surface area contributed by atoms with E-state index in [4.69, 9.17) is 11.6 Å². The first kappa shape index (κ1) is 27.1. The second-order valence-corrected chi connectivity index (χ2v) is 11.4. The van der Waals surface area contributed by atoms with Crippen molar-refractivity contribution in [2.75, 3.05) is 17.1 Å². The number of hydrogen-bond donors (Lipinski definition) is 1. The van der Waals surface area contributed by atoms with Crippen LogP contribution in [-0.4, -0.2) is 50.0 Å². The highest BCUT2D eigenvalue weighted by molar-refractivity contribution is 9.10. The van der Waals surface area contributed by atoms with E-state index in [-0.39, 0.29) is 18.5 Å². The van der Waals surface area contributed by atoms with Crippen LogP contribution in [0.4, 0.5) is 5.69 Å². The lowest BCUT2D eigenvalue weighted by Gasteiger charge is -2.32. The lowest BCUT2D eigenvalue weighted by atomic mass is 10.1. The van der Waals surface area contributed by atoms with Gasteiger partial charge in [-0.05, 0) is 63.1 Å². The number of anilines is 1. The zero-order chi connectivity index (χ0) is 24.9. The number of nitrogens with one attached hydrogen (secondary N) is 1. The van der Waals surface area contributed by atoms with Gasteiger partial charge in [0.25, 0.3) is 0 Å². The molecule has 1 unspecified atom stereocenters. The van der Waals surface area contributed by atoms with Crippen molar-refractivity contribution in [1.29, 1.82) is 0 Å². The third-order valence-corrected chi connectivity index (χ3v) is 6.87. The Kier molecular flexibility index (Phi) is 9.34. The zero-order valence-electron chi connectivity index (χ0n) is 19.3. The van der Waals surface area contributed by atoms with Gasteiger partial charge in [0.15, 0.2) is 0 Å². The van der Waals surface area contributed by atoms with Gasteiger partial charge in [-0.2, -0.15) is 0 Å². The minimum absolute atomic E-state index is 0.105. The molecule has 0 aliphatic heterocycles. The van der Waals surface area contributed by atoms with Crippen LogP contribution in [0.2, 0.25) is 5.02 Å². The number of benzene rings is 2. The van der Waals surface area contributed by atoms with E-state index in [0.717, 1.165) is 20.6 Å². The molecule has 0 heterocycles. The summed E-state index contributed by atoms with van der Waals surface area (Å²) in [6.07, 6.45) is 1.04. The standard InChI is InChI=1S/C23H29BrClN3O4S/c1-15(2)26-23(30)17(4)27(13-18-7-9-19(24)10-8-18)22(29)14-28(33(5,31)32)21-12-20(25)11-6-16(21)3/h6-12,15,17H,13-14H2,1-5H3,(H,26,30). The molecule has 0 aromatic heterocycles. The highest BCUT2D eigenvalue weighted by Gasteiger charge is 2.30. The van der Waals surface area contributed by atoms with Crippen molar-refractivity contribution < 1.29 is 18.0 Å². The summed E-state index contributed by atoms with van der Waals surface area (Å²) in [6.45, 7) is 6.72. The van der Waals surface area contributed by atoms with E-state index in [1.807, 2.05) is 38.1 Å². The SMILES string of the molecule is Cc1ccc(Cl)cc1N(CC(=O)N(Cc1ccc(Br)cc1)C(C)C(=O)NC(C)C)S(C)(=O)=O. The fourth-order valence-electron chi connectivity index (χ4n) is 3.22. The molecule has 33 heavy (non-hydrogen) atoms. The van der Waals surface area contributed by atoms with Crippen LogP contribution in [0.25, 0.3) is 0 Å². The molecule has 180 valence electrons. The first-order valence-corrected chi connectivity index (χ1v) is 13.4. The Morgan fingerprint density at radius 3 is 2.24 bits per heavy atom. The number of rotatable bonds is 9. The lowest BCUT2D eigenvalue weighted by molar-refractivity contribution is -0.139. The molecule has 0 aliphatic rings. The van der Waals surface area contributed by atoms with E-state index in [0.29, 0.717) is 16.3 Å². The molecular formula is C23H29BrClN3O4S. The molecule has 0 spiro atoms. The molecule has 10 heteroatoms. The van der Waals surface area contributed by atoms with Gasteiger partial charge < -0.3 is 10.2 Å². The monoisotopic (exact) mass is 557 g/mol. The van der Waals surface area contributed by atoms with Crippen LogP contribution in [0.3, 0.4) is 0 Å². The molecular weight excluding hydrogens is 530 g/mol. The van der Waals surface area contributed by atoms with Crippen LogP contribution < -0.4 is 9.62 Å². The highest BCUT2D eigenvalue weighted by atomic mass is 79.9. The second-order valence-electron chi connectivity index (χ2n) is 8.19. The average Bonchev–Trinajstić information content (AvgIpc) is 2.71. The molecule has 2 aromatic carbocycles. The fourth-order valence-corrected chi connectivity index (χ4v) is 4.55. The van der Waals surface area contributed by atoms with Crippen LogP contribution in [0.15, 0.2) is 46.9 Å². The number of halogens is 2. The van der Waals surface area contributed by atoms with Gasteiger partial charge in [-0.15, -0.1) is 0 Å². The lowest BCUT2D eigenvalue weighted by Crippen LogP contribution is -2.52. The largest absolute Gasteiger partial charge is 0.352 e. The van der Waals surface area contributed by atoms with Crippen molar-refractivity contribution in [3.63, 3.8) is 0 Å². The Labute approximate surface area is 209 Å². The first-order valence-electron chi connectivity index (χ1n) is 10.4. The summed E-state index contributed by atoms with van der Waals surface area (Å²) < 4.78 is 27.2. The Hall–Kier alpha value is -2.10. The molecule has 1 atom stereocenters. The molecule has 0 fully saturated rings. The molecule has 0 saturated heterocycles. The predicted octanol–water partition coefficient (Wildman–Crippen LogP) is 4.12. The zero-order valence-corrected chi connectivity index (χ0v) is 22.5. The predicted molar refractivity (Wildman–Crippen MR) is 136 cm³/mol. The maximum Gasteiger partial charge on any atom is 0.244 e. The van der Waals surface area contributed by atoms with E-state index < -0.39 is 28.5 Å². The van der Waals surface area contributed by atoms with Gasteiger partial charge in [-0.1, -0.05) is 45.7 Å². The highest BCUT2D eigenvalue weighted by Crippen LogP contribution is 2.27. The first-order chi connectivity index (χ1) is 15.3. The summed E-state index contributed by atoms with van der Waals surface area (Å²) in [7, 11) is -3.81. The summed E-state index contributed by atoms with van der Waals surface area (Å²) in [5, 5.41) is 3.17. The summed E-state index contributed by atoms with van der Waals surface area (Å²) in [5.74, 6) is -0.825. The number of hydrogen-bond acceptors (Lipinski definition) is 4. The minimum atomic E-state index is -3.81. The van der Waals surface area contributed by atoms with E-state index >= 15 is 0 Å². The number of carbonyl (C=O) groups is 2. The number of nitrogens with zero attached hydrogens (tertiary/aromatic N) is 2. The second kappa shape index (κ2) is 11.4. The third-order valence-electron chi connectivity index (χ3n) is 4.98. The van der Waals surface area contributed by atoms with Crippen molar-refractivity contribution in [2.45, 2.75) is 46.3 Å². The van der Waals surface area contributed by atoms with E-state index in [1.54, 1.807) is 26.0 Å². The van der Waals surface area contributed by atoms with Gasteiger partial charge >= 0.3 is 0 Å². The summed E-state index contributed by atoms with van der Waals surface area (Å²) in [6, 6.07) is 11.3. The van der Waals surface area contributed by atoms with Crippen molar-refractivity contribution in [2.24, 2.45) is 0 Å². The van der Waals surface area contributed by atoms with Gasteiger partial charge in [0.1, 0.15) is 12.6 Å². The van der Waals surface area contributed by atoms with Crippen LogP contribution in [0, 0.1) is 6.92 Å². The van der Waals surface area contributed by atoms with Crippen LogP contribution in [0.1, 0.15) is 31.9 Å². The molecule has 0 aliphatic carbocycles. The van der Waals surface area contributed by atoms with Gasteiger partial charge in [0, 0.05) is 22.1 Å². The molecule has 2 amide bonds. The number of amides is 2. The Morgan fingerprint density at radius 2 is 1.70 bits per heavy atom. The maximum absolute atomic E-state index is 13.5. The molecule has 7 nitrogen and oxygen atoms in total. The molecule has 2 aromatic rings. The normalized spacial score (nSPS) is 12.4. The van der Waals surface area contributed by atoms with Gasteiger partial charge in [-0.25, -0.2) is 8.42 Å². The molecule has 0 saturated carbocycles. The minimum Gasteiger partial charge on any atom is -0.352 e.